The molecule has 17 heavy (non-hydrogen) atoms. The first-order valence-corrected chi connectivity index (χ1v) is 7.30. The number of carbonyl (C=O) groups is 1. The van der Waals surface area contributed by atoms with Gasteiger partial charge in [0.1, 0.15) is 0 Å². The molecule has 0 aromatic rings. The van der Waals surface area contributed by atoms with Crippen molar-refractivity contribution in [2.45, 2.75) is 44.9 Å². The molecule has 1 amide bonds. The highest BCUT2D eigenvalue weighted by Gasteiger charge is 2.49. The van der Waals surface area contributed by atoms with Crippen LogP contribution in [0.25, 0.3) is 0 Å². The van der Waals surface area contributed by atoms with Crippen molar-refractivity contribution in [3.8, 4) is 0 Å². The van der Waals surface area contributed by atoms with Gasteiger partial charge in [0.25, 0.3) is 0 Å². The van der Waals surface area contributed by atoms with Gasteiger partial charge in [0.05, 0.1) is 5.41 Å². The number of fused-ring (bicyclic) bond motifs is 1. The Morgan fingerprint density at radius 2 is 2.18 bits per heavy atom. The molecule has 1 heterocycles. The monoisotopic (exact) mass is 236 g/mol. The van der Waals surface area contributed by atoms with Crippen LogP contribution in [0.2, 0.25) is 0 Å². The third-order valence-electron chi connectivity index (χ3n) is 5.03. The summed E-state index contributed by atoms with van der Waals surface area (Å²) < 4.78 is 0. The van der Waals surface area contributed by atoms with Gasteiger partial charge in [-0.3, -0.25) is 4.79 Å². The summed E-state index contributed by atoms with van der Waals surface area (Å²) >= 11 is 0. The van der Waals surface area contributed by atoms with Crippen LogP contribution < -0.4 is 10.6 Å². The molecule has 3 fully saturated rings. The number of hydrogen-bond donors (Lipinski definition) is 2. The molecule has 3 rings (SSSR count). The summed E-state index contributed by atoms with van der Waals surface area (Å²) in [6.45, 7) is 2.86. The molecule has 0 unspecified atom stereocenters. The van der Waals surface area contributed by atoms with Gasteiger partial charge < -0.3 is 10.6 Å². The zero-order valence-electron chi connectivity index (χ0n) is 10.6. The van der Waals surface area contributed by atoms with Gasteiger partial charge in [0, 0.05) is 13.1 Å². The molecule has 3 nitrogen and oxygen atoms in total. The Kier molecular flexibility index (Phi) is 3.12. The molecule has 1 saturated heterocycles. The number of amides is 1. The quantitative estimate of drug-likeness (QED) is 0.780. The normalized spacial score (nSPS) is 36.6. The molecule has 2 saturated carbocycles. The minimum absolute atomic E-state index is 0.0538. The van der Waals surface area contributed by atoms with Crippen molar-refractivity contribution in [2.24, 2.45) is 17.3 Å². The van der Waals surface area contributed by atoms with Crippen LogP contribution in [-0.2, 0) is 4.79 Å². The fraction of sp³-hybridized carbons (Fsp3) is 0.929. The van der Waals surface area contributed by atoms with E-state index in [0.717, 1.165) is 32.0 Å². The Hall–Kier alpha value is -0.570. The largest absolute Gasteiger partial charge is 0.356 e. The zero-order chi connectivity index (χ0) is 11.7. The highest BCUT2D eigenvalue weighted by atomic mass is 16.2. The molecule has 0 spiro atoms. The van der Waals surface area contributed by atoms with Gasteiger partial charge in [-0.2, -0.15) is 0 Å². The van der Waals surface area contributed by atoms with Crippen molar-refractivity contribution < 1.29 is 4.79 Å². The molecule has 2 N–H and O–H groups in total. The van der Waals surface area contributed by atoms with Gasteiger partial charge in [0.15, 0.2) is 0 Å². The fourth-order valence-electron chi connectivity index (χ4n) is 3.66. The van der Waals surface area contributed by atoms with E-state index in [-0.39, 0.29) is 5.41 Å². The fourth-order valence-corrected chi connectivity index (χ4v) is 3.66. The summed E-state index contributed by atoms with van der Waals surface area (Å²) in [6, 6.07) is 0. The van der Waals surface area contributed by atoms with E-state index in [4.69, 9.17) is 0 Å². The van der Waals surface area contributed by atoms with E-state index in [0.29, 0.717) is 11.8 Å². The van der Waals surface area contributed by atoms with Crippen molar-refractivity contribution in [3.05, 3.63) is 0 Å². The minimum atomic E-state index is -0.0538. The number of nitrogens with one attached hydrogen (secondary N) is 2. The van der Waals surface area contributed by atoms with Crippen LogP contribution >= 0.6 is 0 Å². The van der Waals surface area contributed by atoms with Gasteiger partial charge in [-0.25, -0.2) is 0 Å². The van der Waals surface area contributed by atoms with Crippen LogP contribution in [0.15, 0.2) is 0 Å². The SMILES string of the molecule is O=C(NCCC1CC1)[C@@]12CCCC[C@H]1CNC2. The highest BCUT2D eigenvalue weighted by Crippen LogP contribution is 2.43. The lowest BCUT2D eigenvalue weighted by Crippen LogP contribution is -2.48. The smallest absolute Gasteiger partial charge is 0.227 e. The van der Waals surface area contributed by atoms with Crippen LogP contribution in [0, 0.1) is 17.3 Å². The van der Waals surface area contributed by atoms with E-state index >= 15 is 0 Å². The Labute approximate surface area is 104 Å². The average Bonchev–Trinajstić information content (AvgIpc) is 3.06. The second-order valence-electron chi connectivity index (χ2n) is 6.22. The predicted molar refractivity (Wildman–Crippen MR) is 67.6 cm³/mol. The zero-order valence-corrected chi connectivity index (χ0v) is 10.6. The van der Waals surface area contributed by atoms with Crippen LogP contribution in [0.4, 0.5) is 0 Å². The van der Waals surface area contributed by atoms with E-state index < -0.39 is 0 Å². The Morgan fingerprint density at radius 1 is 1.29 bits per heavy atom. The third kappa shape index (κ3) is 2.22. The Bertz CT molecular complexity index is 301. The van der Waals surface area contributed by atoms with Gasteiger partial charge in [-0.15, -0.1) is 0 Å². The molecule has 96 valence electrons. The molecule has 0 bridgehead atoms. The standard InChI is InChI=1S/C14H24N2O/c17-13(16-8-6-11-4-5-11)14-7-2-1-3-12(14)9-15-10-14/h11-12,15H,1-10H2,(H,16,17)/t12-,14+/m0/s1. The van der Waals surface area contributed by atoms with Gasteiger partial charge >= 0.3 is 0 Å². The first-order valence-electron chi connectivity index (χ1n) is 7.30. The van der Waals surface area contributed by atoms with Crippen molar-refractivity contribution in [2.75, 3.05) is 19.6 Å². The summed E-state index contributed by atoms with van der Waals surface area (Å²) in [6.07, 6.45) is 8.83. The van der Waals surface area contributed by atoms with Crippen molar-refractivity contribution >= 4 is 5.91 Å². The van der Waals surface area contributed by atoms with E-state index in [1.165, 1.54) is 38.5 Å². The predicted octanol–water partition coefficient (Wildman–Crippen LogP) is 1.68. The highest BCUT2D eigenvalue weighted by molar-refractivity contribution is 5.83. The number of hydrogen-bond acceptors (Lipinski definition) is 2. The minimum Gasteiger partial charge on any atom is -0.356 e. The van der Waals surface area contributed by atoms with Crippen LogP contribution in [0.5, 0.6) is 0 Å². The Balaban J connectivity index is 1.57. The van der Waals surface area contributed by atoms with Crippen molar-refractivity contribution in [1.82, 2.24) is 10.6 Å². The van der Waals surface area contributed by atoms with E-state index in [1.54, 1.807) is 0 Å². The summed E-state index contributed by atoms with van der Waals surface area (Å²) in [5.74, 6) is 1.85. The molecule has 3 aliphatic rings. The van der Waals surface area contributed by atoms with Crippen molar-refractivity contribution in [3.63, 3.8) is 0 Å². The van der Waals surface area contributed by atoms with Gasteiger partial charge in [0.2, 0.25) is 5.91 Å². The molecule has 3 heteroatoms. The topological polar surface area (TPSA) is 41.1 Å². The molecule has 0 aromatic heterocycles. The molecule has 2 aliphatic carbocycles. The van der Waals surface area contributed by atoms with Gasteiger partial charge in [-0.1, -0.05) is 25.7 Å². The molecule has 0 aromatic carbocycles. The van der Waals surface area contributed by atoms with Gasteiger partial charge in [-0.05, 0) is 37.6 Å². The lowest BCUT2D eigenvalue weighted by atomic mass is 9.67. The van der Waals surface area contributed by atoms with Crippen molar-refractivity contribution in [1.29, 1.82) is 0 Å². The number of carbonyl (C=O) groups excluding carboxylic acids is 1. The van der Waals surface area contributed by atoms with Crippen LogP contribution in [-0.4, -0.2) is 25.5 Å². The van der Waals surface area contributed by atoms with Crippen LogP contribution in [0.1, 0.15) is 44.9 Å². The van der Waals surface area contributed by atoms with E-state index in [2.05, 4.69) is 10.6 Å². The Morgan fingerprint density at radius 3 is 3.00 bits per heavy atom. The second-order valence-corrected chi connectivity index (χ2v) is 6.22. The molecular weight excluding hydrogens is 212 g/mol. The summed E-state index contributed by atoms with van der Waals surface area (Å²) in [5.41, 5.74) is -0.0538. The number of rotatable bonds is 4. The third-order valence-corrected chi connectivity index (χ3v) is 5.03. The maximum Gasteiger partial charge on any atom is 0.227 e. The summed E-state index contributed by atoms with van der Waals surface area (Å²) in [4.78, 5) is 12.5. The van der Waals surface area contributed by atoms with E-state index in [9.17, 15) is 4.79 Å². The van der Waals surface area contributed by atoms with E-state index in [1.807, 2.05) is 0 Å². The average molecular weight is 236 g/mol. The maximum absolute atomic E-state index is 12.5. The molecular formula is C14H24N2O. The van der Waals surface area contributed by atoms with Crippen LogP contribution in [0.3, 0.4) is 0 Å². The lowest BCUT2D eigenvalue weighted by molar-refractivity contribution is -0.134. The first-order chi connectivity index (χ1) is 8.31. The molecule has 0 radical (unpaired) electrons. The first kappa shape index (κ1) is 11.5. The maximum atomic E-state index is 12.5. The molecule has 2 atom stereocenters. The lowest BCUT2D eigenvalue weighted by Gasteiger charge is -2.37. The summed E-state index contributed by atoms with van der Waals surface area (Å²) in [5, 5.41) is 6.64. The molecule has 1 aliphatic heterocycles. The summed E-state index contributed by atoms with van der Waals surface area (Å²) in [7, 11) is 0. The second kappa shape index (κ2) is 4.60.